The molecule has 30 heavy (non-hydrogen) atoms. The Labute approximate surface area is 178 Å². The van der Waals surface area contributed by atoms with Gasteiger partial charge in [-0.2, -0.15) is 0 Å². The van der Waals surface area contributed by atoms with E-state index in [9.17, 15) is 0 Å². The summed E-state index contributed by atoms with van der Waals surface area (Å²) in [4.78, 5) is 0. The Bertz CT molecular complexity index is 1190. The van der Waals surface area contributed by atoms with E-state index in [0.29, 0.717) is 0 Å². The van der Waals surface area contributed by atoms with Crippen LogP contribution in [0.15, 0.2) is 60.7 Å². The normalized spacial score (nSPS) is 17.9. The fourth-order valence-electron chi connectivity index (χ4n) is 4.29. The Balaban J connectivity index is 1.61. The SMILES string of the molecule is Cc1ccc2c(c1)c1cc(C)ccc1n2-c1ccc(B2OC(C)(C)C(C)(C)O2)cc1. The summed E-state index contributed by atoms with van der Waals surface area (Å²) in [5.74, 6) is 0. The average Bonchev–Trinajstić information content (AvgIpc) is 3.11. The molecule has 3 aromatic carbocycles. The second kappa shape index (κ2) is 6.47. The largest absolute Gasteiger partial charge is 0.494 e. The van der Waals surface area contributed by atoms with E-state index in [0.717, 1.165) is 11.2 Å². The van der Waals surface area contributed by atoms with E-state index in [1.54, 1.807) is 0 Å². The van der Waals surface area contributed by atoms with Crippen molar-refractivity contribution in [2.75, 3.05) is 0 Å². The Hall–Kier alpha value is -2.56. The van der Waals surface area contributed by atoms with Crippen LogP contribution in [0.25, 0.3) is 27.5 Å². The number of benzene rings is 3. The summed E-state index contributed by atoms with van der Waals surface area (Å²) in [5, 5.41) is 2.59. The van der Waals surface area contributed by atoms with Crippen molar-refractivity contribution in [2.24, 2.45) is 0 Å². The van der Waals surface area contributed by atoms with Gasteiger partial charge in [0.15, 0.2) is 0 Å². The highest BCUT2D eigenvalue weighted by Gasteiger charge is 2.51. The molecule has 0 amide bonds. The molecule has 4 heteroatoms. The monoisotopic (exact) mass is 397 g/mol. The van der Waals surface area contributed by atoms with Crippen LogP contribution in [-0.4, -0.2) is 22.9 Å². The zero-order valence-corrected chi connectivity index (χ0v) is 18.6. The first-order chi connectivity index (χ1) is 14.2. The minimum atomic E-state index is -0.340. The molecular weight excluding hydrogens is 369 g/mol. The fourth-order valence-corrected chi connectivity index (χ4v) is 4.29. The third kappa shape index (κ3) is 2.90. The first-order valence-corrected chi connectivity index (χ1v) is 10.6. The third-order valence-corrected chi connectivity index (χ3v) is 6.75. The zero-order valence-electron chi connectivity index (χ0n) is 18.6. The van der Waals surface area contributed by atoms with Gasteiger partial charge in [-0.3, -0.25) is 0 Å². The number of aryl methyl sites for hydroxylation is 2. The van der Waals surface area contributed by atoms with Gasteiger partial charge in [-0.15, -0.1) is 0 Å². The number of nitrogens with zero attached hydrogens (tertiary/aromatic N) is 1. The number of fused-ring (bicyclic) bond motifs is 3. The molecule has 1 aliphatic heterocycles. The maximum atomic E-state index is 6.22. The molecule has 1 saturated heterocycles. The van der Waals surface area contributed by atoms with Crippen LogP contribution in [0.2, 0.25) is 0 Å². The van der Waals surface area contributed by atoms with Crippen LogP contribution < -0.4 is 5.46 Å². The van der Waals surface area contributed by atoms with Crippen molar-refractivity contribution >= 4 is 34.4 Å². The second-order valence-corrected chi connectivity index (χ2v) is 9.56. The van der Waals surface area contributed by atoms with E-state index in [4.69, 9.17) is 9.31 Å². The maximum Gasteiger partial charge on any atom is 0.494 e. The molecule has 5 rings (SSSR count). The number of hydrogen-bond acceptors (Lipinski definition) is 2. The smallest absolute Gasteiger partial charge is 0.399 e. The van der Waals surface area contributed by atoms with E-state index >= 15 is 0 Å². The van der Waals surface area contributed by atoms with Crippen molar-refractivity contribution in [1.82, 2.24) is 4.57 Å². The molecule has 0 aliphatic carbocycles. The number of rotatable bonds is 2. The molecule has 0 unspecified atom stereocenters. The molecule has 1 fully saturated rings. The zero-order chi connectivity index (χ0) is 21.3. The standard InChI is InChI=1S/C26H28BNO2/c1-17-7-13-23-21(15-17)22-16-18(2)8-14-24(22)28(23)20-11-9-19(10-12-20)27-29-25(3,4)26(5,6)30-27/h7-16H,1-6H3. The van der Waals surface area contributed by atoms with Crippen molar-refractivity contribution in [3.63, 3.8) is 0 Å². The van der Waals surface area contributed by atoms with Gasteiger partial charge >= 0.3 is 7.12 Å². The van der Waals surface area contributed by atoms with Crippen molar-refractivity contribution in [2.45, 2.75) is 52.7 Å². The van der Waals surface area contributed by atoms with Gasteiger partial charge in [-0.05, 0) is 83.4 Å². The predicted octanol–water partition coefficient (Wildman–Crippen LogP) is 5.70. The summed E-state index contributed by atoms with van der Waals surface area (Å²) < 4.78 is 14.8. The topological polar surface area (TPSA) is 23.4 Å². The lowest BCUT2D eigenvalue weighted by atomic mass is 9.79. The lowest BCUT2D eigenvalue weighted by Crippen LogP contribution is -2.41. The lowest BCUT2D eigenvalue weighted by molar-refractivity contribution is 0.00578. The van der Waals surface area contributed by atoms with Crippen LogP contribution >= 0.6 is 0 Å². The van der Waals surface area contributed by atoms with Crippen LogP contribution in [0.3, 0.4) is 0 Å². The van der Waals surface area contributed by atoms with E-state index < -0.39 is 0 Å². The summed E-state index contributed by atoms with van der Waals surface area (Å²) in [7, 11) is -0.340. The van der Waals surface area contributed by atoms with Crippen LogP contribution in [0.1, 0.15) is 38.8 Å². The molecule has 0 bridgehead atoms. The highest BCUT2D eigenvalue weighted by atomic mass is 16.7. The summed E-state index contributed by atoms with van der Waals surface area (Å²) >= 11 is 0. The van der Waals surface area contributed by atoms with Gasteiger partial charge in [-0.25, -0.2) is 0 Å². The van der Waals surface area contributed by atoms with Gasteiger partial charge in [0.05, 0.1) is 22.2 Å². The van der Waals surface area contributed by atoms with E-state index in [1.165, 1.54) is 32.9 Å². The molecule has 2 heterocycles. The van der Waals surface area contributed by atoms with Gasteiger partial charge in [0.1, 0.15) is 0 Å². The second-order valence-electron chi connectivity index (χ2n) is 9.56. The highest BCUT2D eigenvalue weighted by Crippen LogP contribution is 2.37. The highest BCUT2D eigenvalue weighted by molar-refractivity contribution is 6.62. The summed E-state index contributed by atoms with van der Waals surface area (Å²) in [6.45, 7) is 12.6. The van der Waals surface area contributed by atoms with Crippen LogP contribution in [-0.2, 0) is 9.31 Å². The molecule has 1 aliphatic rings. The molecule has 0 saturated carbocycles. The average molecular weight is 397 g/mol. The Morgan fingerprint density at radius 1 is 0.667 bits per heavy atom. The van der Waals surface area contributed by atoms with Crippen LogP contribution in [0.5, 0.6) is 0 Å². The molecule has 3 nitrogen and oxygen atoms in total. The Morgan fingerprint density at radius 3 is 1.60 bits per heavy atom. The Morgan fingerprint density at radius 2 is 1.13 bits per heavy atom. The maximum absolute atomic E-state index is 6.22. The van der Waals surface area contributed by atoms with Gasteiger partial charge < -0.3 is 13.9 Å². The molecular formula is C26H28BNO2. The summed E-state index contributed by atoms with van der Waals surface area (Å²) in [6.07, 6.45) is 0. The molecule has 0 atom stereocenters. The molecule has 4 aromatic rings. The van der Waals surface area contributed by atoms with Gasteiger partial charge in [0, 0.05) is 16.5 Å². The van der Waals surface area contributed by atoms with Crippen LogP contribution in [0.4, 0.5) is 0 Å². The number of aromatic nitrogens is 1. The predicted molar refractivity (Wildman–Crippen MR) is 126 cm³/mol. The minimum Gasteiger partial charge on any atom is -0.399 e. The first kappa shape index (κ1) is 19.4. The quantitative estimate of drug-likeness (QED) is 0.405. The number of hydrogen-bond donors (Lipinski definition) is 0. The first-order valence-electron chi connectivity index (χ1n) is 10.6. The minimum absolute atomic E-state index is 0.334. The summed E-state index contributed by atoms with van der Waals surface area (Å²) in [5.41, 5.74) is 6.53. The van der Waals surface area contributed by atoms with Gasteiger partial charge in [0.2, 0.25) is 0 Å². The Kier molecular flexibility index (Phi) is 4.19. The summed E-state index contributed by atoms with van der Waals surface area (Å²) in [6, 6.07) is 22.0. The van der Waals surface area contributed by atoms with Crippen molar-refractivity contribution in [3.05, 3.63) is 71.8 Å². The third-order valence-electron chi connectivity index (χ3n) is 6.75. The van der Waals surface area contributed by atoms with Crippen molar-refractivity contribution in [1.29, 1.82) is 0 Å². The van der Waals surface area contributed by atoms with Crippen LogP contribution in [0, 0.1) is 13.8 Å². The van der Waals surface area contributed by atoms with Crippen molar-refractivity contribution < 1.29 is 9.31 Å². The lowest BCUT2D eigenvalue weighted by Gasteiger charge is -2.32. The van der Waals surface area contributed by atoms with E-state index in [1.807, 2.05) is 0 Å². The van der Waals surface area contributed by atoms with E-state index in [-0.39, 0.29) is 18.3 Å². The molecule has 1 aromatic heterocycles. The van der Waals surface area contributed by atoms with Crippen molar-refractivity contribution in [3.8, 4) is 5.69 Å². The van der Waals surface area contributed by atoms with Gasteiger partial charge in [-0.1, -0.05) is 35.4 Å². The fraction of sp³-hybridized carbons (Fsp3) is 0.308. The van der Waals surface area contributed by atoms with E-state index in [2.05, 4.69) is 107 Å². The molecule has 0 spiro atoms. The molecule has 0 radical (unpaired) electrons. The van der Waals surface area contributed by atoms with Gasteiger partial charge in [0.25, 0.3) is 0 Å². The molecule has 152 valence electrons. The molecule has 0 N–H and O–H groups in total.